The number of hydrogen-bond donors (Lipinski definition) is 0. The molecule has 0 aliphatic heterocycles. The molecule has 0 radical (unpaired) electrons. The van der Waals surface area contributed by atoms with Crippen molar-refractivity contribution in [1.29, 1.82) is 0 Å². The van der Waals surface area contributed by atoms with Gasteiger partial charge in [-0.2, -0.15) is 0 Å². The maximum absolute atomic E-state index is 11.0. The number of sulfone groups is 1. The van der Waals surface area contributed by atoms with E-state index in [1.807, 2.05) is 0 Å². The fourth-order valence-electron chi connectivity index (χ4n) is 0.675. The van der Waals surface area contributed by atoms with E-state index in [1.54, 1.807) is 0 Å². The summed E-state index contributed by atoms with van der Waals surface area (Å²) < 4.78 is 21.9. The molecule has 1 aromatic rings. The minimum atomic E-state index is -3.35. The Morgan fingerprint density at radius 2 is 2.00 bits per heavy atom. The van der Waals surface area contributed by atoms with E-state index in [0.717, 1.165) is 6.26 Å². The van der Waals surface area contributed by atoms with Crippen molar-refractivity contribution >= 4 is 33.0 Å². The second-order valence-electron chi connectivity index (χ2n) is 2.21. The van der Waals surface area contributed by atoms with Gasteiger partial charge in [-0.1, -0.05) is 23.2 Å². The maximum Gasteiger partial charge on any atom is 0.194 e. The van der Waals surface area contributed by atoms with E-state index in [1.165, 1.54) is 12.3 Å². The molecule has 0 unspecified atom stereocenters. The molecule has 0 fully saturated rings. The first-order valence-electron chi connectivity index (χ1n) is 2.92. The summed E-state index contributed by atoms with van der Waals surface area (Å²) in [6, 6.07) is 1.34. The third-order valence-electron chi connectivity index (χ3n) is 1.13. The molecule has 0 bridgehead atoms. The maximum atomic E-state index is 11.0. The van der Waals surface area contributed by atoms with Crippen LogP contribution in [0.1, 0.15) is 0 Å². The van der Waals surface area contributed by atoms with E-state index in [9.17, 15) is 8.42 Å². The SMILES string of the molecule is CS(=O)(=O)c1ncc(Cl)cc1Cl. The predicted octanol–water partition coefficient (Wildman–Crippen LogP) is 1.79. The van der Waals surface area contributed by atoms with Crippen molar-refractivity contribution in [2.45, 2.75) is 5.03 Å². The molecule has 1 heterocycles. The van der Waals surface area contributed by atoms with Gasteiger partial charge in [-0.05, 0) is 6.07 Å². The lowest BCUT2D eigenvalue weighted by Crippen LogP contribution is -2.00. The van der Waals surface area contributed by atoms with Crippen molar-refractivity contribution in [3.63, 3.8) is 0 Å². The second kappa shape index (κ2) is 3.20. The zero-order valence-electron chi connectivity index (χ0n) is 6.08. The molecule has 0 N–H and O–H groups in total. The molecule has 1 rings (SSSR count). The molecule has 0 aliphatic rings. The van der Waals surface area contributed by atoms with Gasteiger partial charge in [0.2, 0.25) is 0 Å². The first kappa shape index (κ1) is 9.77. The third kappa shape index (κ3) is 2.09. The summed E-state index contributed by atoms with van der Waals surface area (Å²) in [5.74, 6) is 0. The Morgan fingerprint density at radius 3 is 2.42 bits per heavy atom. The minimum Gasteiger partial charge on any atom is -0.242 e. The summed E-state index contributed by atoms with van der Waals surface area (Å²) in [4.78, 5) is 3.60. The smallest absolute Gasteiger partial charge is 0.194 e. The minimum absolute atomic E-state index is 0.0463. The first-order valence-corrected chi connectivity index (χ1v) is 5.57. The standard InChI is InChI=1S/C6H5Cl2NO2S/c1-12(10,11)6-5(8)2-4(7)3-9-6/h2-3H,1H3. The van der Waals surface area contributed by atoms with E-state index in [0.29, 0.717) is 5.02 Å². The van der Waals surface area contributed by atoms with E-state index in [4.69, 9.17) is 23.2 Å². The highest BCUT2D eigenvalue weighted by Gasteiger charge is 2.13. The van der Waals surface area contributed by atoms with Gasteiger partial charge in [0.15, 0.2) is 14.9 Å². The first-order chi connectivity index (χ1) is 5.41. The second-order valence-corrected chi connectivity index (χ2v) is 4.99. The van der Waals surface area contributed by atoms with Crippen LogP contribution in [0.25, 0.3) is 0 Å². The topological polar surface area (TPSA) is 47.0 Å². The van der Waals surface area contributed by atoms with Crippen LogP contribution in [0, 0.1) is 0 Å². The van der Waals surface area contributed by atoms with Gasteiger partial charge in [0, 0.05) is 12.5 Å². The lowest BCUT2D eigenvalue weighted by Gasteiger charge is -1.99. The molecule has 0 aliphatic carbocycles. The summed E-state index contributed by atoms with van der Waals surface area (Å²) in [6.07, 6.45) is 2.28. The van der Waals surface area contributed by atoms with Crippen molar-refractivity contribution in [2.75, 3.05) is 6.26 Å². The van der Waals surface area contributed by atoms with Crippen LogP contribution < -0.4 is 0 Å². The van der Waals surface area contributed by atoms with E-state index < -0.39 is 9.84 Å². The van der Waals surface area contributed by atoms with Crippen LogP contribution in [0.2, 0.25) is 10.0 Å². The van der Waals surface area contributed by atoms with Crippen molar-refractivity contribution in [2.24, 2.45) is 0 Å². The fourth-order valence-corrected chi connectivity index (χ4v) is 2.13. The summed E-state index contributed by atoms with van der Waals surface area (Å²) in [7, 11) is -3.35. The summed E-state index contributed by atoms with van der Waals surface area (Å²) in [5.41, 5.74) is 0. The average molecular weight is 226 g/mol. The van der Waals surface area contributed by atoms with Crippen molar-refractivity contribution in [1.82, 2.24) is 4.98 Å². The number of aromatic nitrogens is 1. The van der Waals surface area contributed by atoms with Crippen molar-refractivity contribution < 1.29 is 8.42 Å². The van der Waals surface area contributed by atoms with Gasteiger partial charge >= 0.3 is 0 Å². The molecule has 0 amide bonds. The van der Waals surface area contributed by atoms with Crippen LogP contribution >= 0.6 is 23.2 Å². The number of nitrogens with zero attached hydrogens (tertiary/aromatic N) is 1. The highest BCUT2D eigenvalue weighted by atomic mass is 35.5. The Labute approximate surface area is 80.2 Å². The highest BCUT2D eigenvalue weighted by molar-refractivity contribution is 7.90. The Hall–Kier alpha value is -0.320. The fraction of sp³-hybridized carbons (Fsp3) is 0.167. The Morgan fingerprint density at radius 1 is 1.42 bits per heavy atom. The molecule has 0 spiro atoms. The third-order valence-corrected chi connectivity index (χ3v) is 2.76. The predicted molar refractivity (Wildman–Crippen MR) is 47.4 cm³/mol. The molecule has 1 aromatic heterocycles. The van der Waals surface area contributed by atoms with Crippen LogP contribution in [0.3, 0.4) is 0 Å². The Bertz CT molecular complexity index is 402. The molecule has 6 heteroatoms. The van der Waals surface area contributed by atoms with E-state index in [2.05, 4.69) is 4.98 Å². The van der Waals surface area contributed by atoms with Crippen LogP contribution in [0.15, 0.2) is 17.3 Å². The zero-order valence-corrected chi connectivity index (χ0v) is 8.41. The molecule has 0 saturated heterocycles. The van der Waals surface area contributed by atoms with Gasteiger partial charge in [-0.25, -0.2) is 13.4 Å². The van der Waals surface area contributed by atoms with Gasteiger partial charge < -0.3 is 0 Å². The van der Waals surface area contributed by atoms with Gasteiger partial charge in [-0.15, -0.1) is 0 Å². The van der Waals surface area contributed by atoms with Gasteiger partial charge in [0.25, 0.3) is 0 Å². The molecule has 0 atom stereocenters. The largest absolute Gasteiger partial charge is 0.242 e. The van der Waals surface area contributed by atoms with Crippen molar-refractivity contribution in [3.05, 3.63) is 22.3 Å². The highest BCUT2D eigenvalue weighted by Crippen LogP contribution is 2.21. The Kier molecular flexibility index (Phi) is 2.61. The quantitative estimate of drug-likeness (QED) is 0.733. The average Bonchev–Trinajstić information content (AvgIpc) is 1.83. The molecule has 66 valence electrons. The van der Waals surface area contributed by atoms with E-state index >= 15 is 0 Å². The number of halogens is 2. The summed E-state index contributed by atoms with van der Waals surface area (Å²) in [5, 5.41) is 0.214. The lowest BCUT2D eigenvalue weighted by molar-refractivity contribution is 0.598. The zero-order chi connectivity index (χ0) is 9.35. The van der Waals surface area contributed by atoms with Crippen LogP contribution in [-0.4, -0.2) is 19.7 Å². The number of rotatable bonds is 1. The molecular formula is C6H5Cl2NO2S. The summed E-state index contributed by atoms with van der Waals surface area (Å²) >= 11 is 11.1. The van der Waals surface area contributed by atoms with Crippen LogP contribution in [0.5, 0.6) is 0 Å². The summed E-state index contributed by atoms with van der Waals surface area (Å²) in [6.45, 7) is 0. The van der Waals surface area contributed by atoms with Crippen molar-refractivity contribution in [3.8, 4) is 0 Å². The van der Waals surface area contributed by atoms with Crippen LogP contribution in [0.4, 0.5) is 0 Å². The number of hydrogen-bond acceptors (Lipinski definition) is 3. The lowest BCUT2D eigenvalue weighted by atomic mass is 10.5. The molecular weight excluding hydrogens is 221 g/mol. The van der Waals surface area contributed by atoms with Crippen LogP contribution in [-0.2, 0) is 9.84 Å². The van der Waals surface area contributed by atoms with Gasteiger partial charge in [-0.3, -0.25) is 0 Å². The Balaban J connectivity index is 3.39. The number of pyridine rings is 1. The molecule has 3 nitrogen and oxygen atoms in total. The van der Waals surface area contributed by atoms with Gasteiger partial charge in [0.1, 0.15) is 0 Å². The molecule has 0 saturated carbocycles. The molecule has 12 heavy (non-hydrogen) atoms. The normalized spacial score (nSPS) is 11.6. The monoisotopic (exact) mass is 225 g/mol. The van der Waals surface area contributed by atoms with Gasteiger partial charge in [0.05, 0.1) is 10.0 Å². The van der Waals surface area contributed by atoms with E-state index in [-0.39, 0.29) is 10.0 Å². The molecule has 0 aromatic carbocycles.